The van der Waals surface area contributed by atoms with Gasteiger partial charge in [0.1, 0.15) is 12.2 Å². The summed E-state index contributed by atoms with van der Waals surface area (Å²) in [4.78, 5) is 26.7. The fraction of sp³-hybridized carbons (Fsp3) is 0.267. The number of likely N-dealkylation sites (N-methyl/N-ethyl adjacent to an activating group) is 1. The number of hydrogen-bond donors (Lipinski definition) is 1. The topological polar surface area (TPSA) is 79.3 Å². The number of phenolic OH excluding ortho intramolecular Hbond substituents is 1. The Morgan fingerprint density at radius 2 is 2.08 bits per heavy atom. The van der Waals surface area contributed by atoms with E-state index in [4.69, 9.17) is 17.0 Å². The molecule has 0 radical (unpaired) electrons. The smallest absolute Gasteiger partial charge is 0.325 e. The number of ether oxygens (including phenoxy) is 2. The molecule has 24 heavy (non-hydrogen) atoms. The van der Waals surface area contributed by atoms with Crippen molar-refractivity contribution >= 4 is 51.2 Å². The molecule has 1 heterocycles. The second-order valence-electron chi connectivity index (χ2n) is 4.88. The van der Waals surface area contributed by atoms with Crippen molar-refractivity contribution in [3.63, 3.8) is 0 Å². The lowest BCUT2D eigenvalue weighted by molar-refractivity contribution is -0.140. The predicted octanol–water partition coefficient (Wildman–Crippen LogP) is 1.74. The number of carbonyl (C=O) groups is 2. The lowest BCUT2D eigenvalue weighted by Gasteiger charge is -2.17. The van der Waals surface area contributed by atoms with E-state index >= 15 is 0 Å². The SMILES string of the molecule is COC(=O)CN1C(=S)N(C)C(=O)C1=Cc1cc(OC)c(O)cc1Br. The first-order valence-electron chi connectivity index (χ1n) is 6.74. The molecule has 0 saturated carbocycles. The summed E-state index contributed by atoms with van der Waals surface area (Å²) in [7, 11) is 4.22. The third-order valence-corrected chi connectivity index (χ3v) is 4.62. The van der Waals surface area contributed by atoms with Gasteiger partial charge in [-0.15, -0.1) is 0 Å². The highest BCUT2D eigenvalue weighted by atomic mass is 79.9. The van der Waals surface area contributed by atoms with Gasteiger partial charge >= 0.3 is 5.97 Å². The molecule has 0 unspecified atom stereocenters. The summed E-state index contributed by atoms with van der Waals surface area (Å²) in [6, 6.07) is 3.02. The van der Waals surface area contributed by atoms with Crippen LogP contribution in [0.25, 0.3) is 6.08 Å². The molecular weight excluding hydrogens is 400 g/mol. The molecule has 1 N–H and O–H groups in total. The van der Waals surface area contributed by atoms with Crippen LogP contribution in [0.2, 0.25) is 0 Å². The van der Waals surface area contributed by atoms with Gasteiger partial charge in [-0.2, -0.15) is 0 Å². The zero-order valence-electron chi connectivity index (χ0n) is 13.2. The maximum atomic E-state index is 12.4. The Kier molecular flexibility index (Phi) is 5.45. The molecule has 1 saturated heterocycles. The second-order valence-corrected chi connectivity index (χ2v) is 6.10. The van der Waals surface area contributed by atoms with Crippen LogP contribution in [0.4, 0.5) is 0 Å². The number of benzene rings is 1. The van der Waals surface area contributed by atoms with E-state index in [1.165, 1.54) is 37.1 Å². The largest absolute Gasteiger partial charge is 0.504 e. The van der Waals surface area contributed by atoms with Gasteiger partial charge in [0.2, 0.25) is 0 Å². The van der Waals surface area contributed by atoms with Crippen LogP contribution in [0.3, 0.4) is 0 Å². The van der Waals surface area contributed by atoms with Crippen LogP contribution in [0.15, 0.2) is 22.3 Å². The first kappa shape index (κ1) is 18.2. The Morgan fingerprint density at radius 3 is 2.67 bits per heavy atom. The second kappa shape index (κ2) is 7.18. The number of carbonyl (C=O) groups excluding carboxylic acids is 2. The Morgan fingerprint density at radius 1 is 1.42 bits per heavy atom. The maximum absolute atomic E-state index is 12.4. The third kappa shape index (κ3) is 3.36. The lowest BCUT2D eigenvalue weighted by atomic mass is 10.1. The Balaban J connectivity index is 2.50. The molecule has 0 bridgehead atoms. The first-order valence-corrected chi connectivity index (χ1v) is 7.94. The average molecular weight is 415 g/mol. The van der Waals surface area contributed by atoms with E-state index in [1.54, 1.807) is 12.1 Å². The van der Waals surface area contributed by atoms with Gasteiger partial charge in [0, 0.05) is 11.5 Å². The molecule has 1 amide bonds. The van der Waals surface area contributed by atoms with Crippen LogP contribution < -0.4 is 4.74 Å². The number of amides is 1. The minimum absolute atomic E-state index is 0.0386. The number of nitrogens with zero attached hydrogens (tertiary/aromatic N) is 2. The minimum Gasteiger partial charge on any atom is -0.504 e. The van der Waals surface area contributed by atoms with Crippen molar-refractivity contribution in [2.24, 2.45) is 0 Å². The molecule has 1 aromatic rings. The summed E-state index contributed by atoms with van der Waals surface area (Å²) in [5.41, 5.74) is 0.808. The number of esters is 1. The van der Waals surface area contributed by atoms with Crippen LogP contribution in [0, 0.1) is 0 Å². The highest BCUT2D eigenvalue weighted by Gasteiger charge is 2.36. The lowest BCUT2D eigenvalue weighted by Crippen LogP contribution is -2.33. The van der Waals surface area contributed by atoms with E-state index in [0.717, 1.165) is 0 Å². The van der Waals surface area contributed by atoms with E-state index < -0.39 is 5.97 Å². The number of phenols is 1. The van der Waals surface area contributed by atoms with Crippen molar-refractivity contribution in [3.8, 4) is 11.5 Å². The van der Waals surface area contributed by atoms with Gasteiger partial charge in [0.05, 0.1) is 14.2 Å². The fourth-order valence-electron chi connectivity index (χ4n) is 2.12. The summed E-state index contributed by atoms with van der Waals surface area (Å²) in [5.74, 6) is -0.647. The molecule has 1 aliphatic rings. The van der Waals surface area contributed by atoms with E-state index in [1.807, 2.05) is 0 Å². The standard InChI is InChI=1S/C15H15BrN2O5S/c1-17-14(21)10(18(15(17)24)7-13(20)23-3)4-8-5-12(22-2)11(19)6-9(8)16/h4-6,19H,7H2,1-3H3. The van der Waals surface area contributed by atoms with Crippen LogP contribution in [-0.2, 0) is 14.3 Å². The molecule has 1 fully saturated rings. The monoisotopic (exact) mass is 414 g/mol. The molecule has 2 rings (SSSR count). The van der Waals surface area contributed by atoms with Gasteiger partial charge in [-0.25, -0.2) is 0 Å². The van der Waals surface area contributed by atoms with Gasteiger partial charge < -0.3 is 19.5 Å². The Hall–Kier alpha value is -2.13. The van der Waals surface area contributed by atoms with Gasteiger partial charge in [-0.05, 0) is 36.0 Å². The first-order chi connectivity index (χ1) is 11.3. The normalized spacial score (nSPS) is 16.1. The van der Waals surface area contributed by atoms with Crippen molar-refractivity contribution in [2.75, 3.05) is 27.8 Å². The van der Waals surface area contributed by atoms with E-state index in [2.05, 4.69) is 20.7 Å². The van der Waals surface area contributed by atoms with Crippen LogP contribution in [0.5, 0.6) is 11.5 Å². The molecule has 9 heteroatoms. The summed E-state index contributed by atoms with van der Waals surface area (Å²) in [5, 5.41) is 9.98. The highest BCUT2D eigenvalue weighted by Crippen LogP contribution is 2.34. The van der Waals surface area contributed by atoms with Crippen molar-refractivity contribution < 1.29 is 24.2 Å². The minimum atomic E-state index is -0.520. The fourth-order valence-corrected chi connectivity index (χ4v) is 2.82. The van der Waals surface area contributed by atoms with E-state index in [9.17, 15) is 14.7 Å². The van der Waals surface area contributed by atoms with Gasteiger partial charge in [0.15, 0.2) is 16.6 Å². The molecule has 0 aliphatic carbocycles. The molecule has 0 atom stereocenters. The average Bonchev–Trinajstić information content (AvgIpc) is 2.75. The number of methoxy groups -OCH3 is 2. The van der Waals surface area contributed by atoms with Crippen LogP contribution in [-0.4, -0.2) is 59.7 Å². The summed E-state index contributed by atoms with van der Waals surface area (Å²) >= 11 is 8.53. The maximum Gasteiger partial charge on any atom is 0.325 e. The Labute approximate surface area is 152 Å². The molecule has 1 aliphatic heterocycles. The highest BCUT2D eigenvalue weighted by molar-refractivity contribution is 9.10. The summed E-state index contributed by atoms with van der Waals surface area (Å²) in [6.45, 7) is -0.177. The van der Waals surface area contributed by atoms with Gasteiger partial charge in [0.25, 0.3) is 5.91 Å². The predicted molar refractivity (Wildman–Crippen MR) is 94.4 cm³/mol. The van der Waals surface area contributed by atoms with Crippen molar-refractivity contribution in [3.05, 3.63) is 27.9 Å². The van der Waals surface area contributed by atoms with Crippen molar-refractivity contribution in [1.29, 1.82) is 0 Å². The number of halogens is 1. The van der Waals surface area contributed by atoms with Crippen molar-refractivity contribution in [2.45, 2.75) is 0 Å². The quantitative estimate of drug-likeness (QED) is 0.456. The Bertz CT molecular complexity index is 750. The van der Waals surface area contributed by atoms with E-state index in [0.29, 0.717) is 10.0 Å². The van der Waals surface area contributed by atoms with Crippen LogP contribution in [0.1, 0.15) is 5.56 Å². The zero-order valence-corrected chi connectivity index (χ0v) is 15.6. The van der Waals surface area contributed by atoms with Crippen molar-refractivity contribution in [1.82, 2.24) is 9.80 Å². The number of thiocarbonyl (C=S) groups is 1. The number of hydrogen-bond acceptors (Lipinski definition) is 6. The third-order valence-electron chi connectivity index (χ3n) is 3.44. The van der Waals surface area contributed by atoms with Crippen LogP contribution >= 0.6 is 28.1 Å². The summed E-state index contributed by atoms with van der Waals surface area (Å²) in [6.07, 6.45) is 1.56. The number of aromatic hydroxyl groups is 1. The molecular formula is C15H15BrN2O5S. The zero-order chi connectivity index (χ0) is 18.0. The molecule has 0 aromatic heterocycles. The molecule has 128 valence electrons. The summed E-state index contributed by atoms with van der Waals surface area (Å²) < 4.78 is 10.3. The molecule has 1 aromatic carbocycles. The van der Waals surface area contributed by atoms with Gasteiger partial charge in [-0.1, -0.05) is 15.9 Å². The van der Waals surface area contributed by atoms with E-state index in [-0.39, 0.29) is 34.8 Å². The number of rotatable bonds is 4. The molecule has 7 nitrogen and oxygen atoms in total. The molecule has 0 spiro atoms. The van der Waals surface area contributed by atoms with Gasteiger partial charge in [-0.3, -0.25) is 14.5 Å².